The van der Waals surface area contributed by atoms with E-state index in [0.29, 0.717) is 36.1 Å². The van der Waals surface area contributed by atoms with E-state index < -0.39 is 10.0 Å². The number of amides is 1. The van der Waals surface area contributed by atoms with Crippen molar-refractivity contribution in [2.75, 3.05) is 18.4 Å². The van der Waals surface area contributed by atoms with Crippen LogP contribution in [-0.2, 0) is 21.2 Å². The molecular formula is C22H25N3O4S2. The average molecular weight is 460 g/mol. The van der Waals surface area contributed by atoms with E-state index in [-0.39, 0.29) is 17.2 Å². The van der Waals surface area contributed by atoms with Crippen molar-refractivity contribution >= 4 is 33.0 Å². The van der Waals surface area contributed by atoms with Crippen molar-refractivity contribution in [3.63, 3.8) is 0 Å². The van der Waals surface area contributed by atoms with Crippen molar-refractivity contribution in [2.45, 2.75) is 38.0 Å². The largest absolute Gasteiger partial charge is 0.459 e. The minimum absolute atomic E-state index is 0.127. The molecule has 3 heterocycles. The fourth-order valence-electron chi connectivity index (χ4n) is 3.51. The number of hydrogen-bond donors (Lipinski definition) is 1. The molecule has 1 aliphatic rings. The quantitative estimate of drug-likeness (QED) is 0.593. The van der Waals surface area contributed by atoms with Crippen LogP contribution in [0.15, 0.2) is 51.1 Å². The summed E-state index contributed by atoms with van der Waals surface area (Å²) < 4.78 is 32.7. The Morgan fingerprint density at radius 1 is 1.19 bits per heavy atom. The number of anilines is 1. The Kier molecular flexibility index (Phi) is 6.27. The van der Waals surface area contributed by atoms with E-state index in [1.165, 1.54) is 11.3 Å². The normalized spacial score (nSPS) is 15.8. The van der Waals surface area contributed by atoms with Gasteiger partial charge in [0.2, 0.25) is 15.9 Å². The summed E-state index contributed by atoms with van der Waals surface area (Å²) in [4.78, 5) is 17.1. The van der Waals surface area contributed by atoms with Crippen molar-refractivity contribution < 1.29 is 17.6 Å². The Morgan fingerprint density at radius 3 is 2.55 bits per heavy atom. The molecule has 1 aliphatic heterocycles. The van der Waals surface area contributed by atoms with Crippen molar-refractivity contribution in [3.8, 4) is 10.8 Å². The molecular weight excluding hydrogens is 434 g/mol. The molecule has 0 saturated carbocycles. The minimum Gasteiger partial charge on any atom is -0.459 e. The average Bonchev–Trinajstić information content (AvgIpc) is 3.37. The Morgan fingerprint density at radius 2 is 1.90 bits per heavy atom. The van der Waals surface area contributed by atoms with Gasteiger partial charge in [-0.25, -0.2) is 13.4 Å². The maximum Gasteiger partial charge on any atom is 0.243 e. The highest BCUT2D eigenvalue weighted by atomic mass is 32.2. The highest BCUT2D eigenvalue weighted by molar-refractivity contribution is 7.89. The van der Waals surface area contributed by atoms with E-state index in [0.717, 1.165) is 23.6 Å². The number of benzene rings is 1. The summed E-state index contributed by atoms with van der Waals surface area (Å²) in [5.41, 5.74) is 1.21. The van der Waals surface area contributed by atoms with E-state index in [2.05, 4.69) is 17.2 Å². The second-order valence-corrected chi connectivity index (χ2v) is 10.7. The second-order valence-electron chi connectivity index (χ2n) is 7.89. The molecule has 0 bridgehead atoms. The molecule has 0 unspecified atom stereocenters. The number of piperidine rings is 1. The molecule has 0 atom stereocenters. The van der Waals surface area contributed by atoms with Gasteiger partial charge in [0.05, 0.1) is 17.0 Å². The number of nitrogens with zero attached hydrogens (tertiary/aromatic N) is 2. The molecule has 1 N–H and O–H groups in total. The van der Waals surface area contributed by atoms with Gasteiger partial charge >= 0.3 is 0 Å². The molecule has 0 spiro atoms. The van der Waals surface area contributed by atoms with Gasteiger partial charge in [-0.3, -0.25) is 4.79 Å². The lowest BCUT2D eigenvalue weighted by Crippen LogP contribution is -2.37. The van der Waals surface area contributed by atoms with Crippen LogP contribution in [0.5, 0.6) is 0 Å². The first-order chi connectivity index (χ1) is 14.8. The molecule has 1 amide bonds. The summed E-state index contributed by atoms with van der Waals surface area (Å²) in [6.07, 6.45) is 1.89. The lowest BCUT2D eigenvalue weighted by molar-refractivity contribution is -0.115. The second kappa shape index (κ2) is 8.94. The van der Waals surface area contributed by atoms with Crippen molar-refractivity contribution in [3.05, 3.63) is 53.2 Å². The monoisotopic (exact) mass is 459 g/mol. The van der Waals surface area contributed by atoms with Crippen LogP contribution in [0.3, 0.4) is 0 Å². The molecule has 4 rings (SSSR count). The molecule has 31 heavy (non-hydrogen) atoms. The Balaban J connectivity index is 1.36. The van der Waals surface area contributed by atoms with Gasteiger partial charge in [0.25, 0.3) is 0 Å². The first kappa shape index (κ1) is 21.7. The number of sulfonamides is 1. The molecule has 164 valence electrons. The van der Waals surface area contributed by atoms with Crippen molar-refractivity contribution in [1.82, 2.24) is 9.29 Å². The van der Waals surface area contributed by atoms with Crippen LogP contribution in [0.2, 0.25) is 0 Å². The van der Waals surface area contributed by atoms with Gasteiger partial charge in [0.1, 0.15) is 5.76 Å². The van der Waals surface area contributed by atoms with Gasteiger partial charge in [0, 0.05) is 24.2 Å². The van der Waals surface area contributed by atoms with Crippen LogP contribution in [0.25, 0.3) is 10.8 Å². The van der Waals surface area contributed by atoms with Crippen LogP contribution in [0, 0.1) is 12.8 Å². The molecule has 3 aromatic rings. The van der Waals surface area contributed by atoms with Gasteiger partial charge in [0.15, 0.2) is 10.8 Å². The van der Waals surface area contributed by atoms with Gasteiger partial charge in [-0.1, -0.05) is 6.92 Å². The molecule has 2 aromatic heterocycles. The molecule has 1 aromatic carbocycles. The highest BCUT2D eigenvalue weighted by Gasteiger charge is 2.27. The standard InChI is InChI=1S/C22H25N3O4S2/c1-15-9-11-25(12-10-15)31(27,28)19-6-4-17(5-7-19)23-21(26)13-18-14-30-22(24-18)20-8-3-16(2)29-20/h3-8,14-15H,9-13H2,1-2H3,(H,23,26). The van der Waals surface area contributed by atoms with Crippen LogP contribution < -0.4 is 5.32 Å². The van der Waals surface area contributed by atoms with E-state index >= 15 is 0 Å². The predicted molar refractivity (Wildman–Crippen MR) is 120 cm³/mol. The maximum absolute atomic E-state index is 12.8. The molecule has 1 saturated heterocycles. The fourth-order valence-corrected chi connectivity index (χ4v) is 5.75. The number of carbonyl (C=O) groups is 1. The summed E-state index contributed by atoms with van der Waals surface area (Å²) in [5.74, 6) is 1.84. The lowest BCUT2D eigenvalue weighted by Gasteiger charge is -2.29. The summed E-state index contributed by atoms with van der Waals surface area (Å²) in [5, 5.41) is 5.37. The SMILES string of the molecule is Cc1ccc(-c2nc(CC(=O)Nc3ccc(S(=O)(=O)N4CCC(C)CC4)cc3)cs2)o1. The summed E-state index contributed by atoms with van der Waals surface area (Å²) in [7, 11) is -3.50. The molecule has 7 nitrogen and oxygen atoms in total. The third kappa shape index (κ3) is 5.06. The number of rotatable bonds is 6. The van der Waals surface area contributed by atoms with Crippen molar-refractivity contribution in [2.24, 2.45) is 5.92 Å². The van der Waals surface area contributed by atoms with Gasteiger partial charge in [-0.2, -0.15) is 4.31 Å². The first-order valence-corrected chi connectivity index (χ1v) is 12.5. The van der Waals surface area contributed by atoms with Crippen LogP contribution in [0.4, 0.5) is 5.69 Å². The summed E-state index contributed by atoms with van der Waals surface area (Å²) in [6, 6.07) is 10.1. The number of thiazole rings is 1. The number of aromatic nitrogens is 1. The Hall–Kier alpha value is -2.49. The molecule has 1 fully saturated rings. The zero-order chi connectivity index (χ0) is 22.0. The number of carbonyl (C=O) groups excluding carboxylic acids is 1. The zero-order valence-electron chi connectivity index (χ0n) is 17.5. The topological polar surface area (TPSA) is 92.5 Å². The summed E-state index contributed by atoms with van der Waals surface area (Å²) >= 11 is 1.43. The predicted octanol–water partition coefficient (Wildman–Crippen LogP) is 4.31. The number of aryl methyl sites for hydroxylation is 1. The maximum atomic E-state index is 12.8. The fraction of sp³-hybridized carbons (Fsp3) is 0.364. The molecule has 9 heteroatoms. The molecule has 0 aliphatic carbocycles. The lowest BCUT2D eigenvalue weighted by atomic mass is 10.0. The minimum atomic E-state index is -3.50. The molecule has 0 radical (unpaired) electrons. The smallest absolute Gasteiger partial charge is 0.243 e. The van der Waals surface area contributed by atoms with Crippen LogP contribution in [0.1, 0.15) is 31.2 Å². The van der Waals surface area contributed by atoms with E-state index in [1.807, 2.05) is 24.4 Å². The third-order valence-electron chi connectivity index (χ3n) is 5.36. The number of hydrogen-bond acceptors (Lipinski definition) is 6. The Bertz CT molecular complexity index is 1160. The number of nitrogens with one attached hydrogen (secondary N) is 1. The summed E-state index contributed by atoms with van der Waals surface area (Å²) in [6.45, 7) is 5.12. The van der Waals surface area contributed by atoms with Crippen LogP contribution in [-0.4, -0.2) is 36.7 Å². The first-order valence-electron chi connectivity index (χ1n) is 10.2. The van der Waals surface area contributed by atoms with E-state index in [4.69, 9.17) is 4.42 Å². The van der Waals surface area contributed by atoms with Gasteiger partial charge in [-0.15, -0.1) is 11.3 Å². The van der Waals surface area contributed by atoms with E-state index in [9.17, 15) is 13.2 Å². The van der Waals surface area contributed by atoms with Gasteiger partial charge < -0.3 is 9.73 Å². The van der Waals surface area contributed by atoms with Crippen molar-refractivity contribution in [1.29, 1.82) is 0 Å². The van der Waals surface area contributed by atoms with Crippen LogP contribution >= 0.6 is 11.3 Å². The Labute approximate surface area is 186 Å². The number of furan rings is 1. The van der Waals surface area contributed by atoms with E-state index in [1.54, 1.807) is 28.6 Å². The van der Waals surface area contributed by atoms with Gasteiger partial charge in [-0.05, 0) is 62.1 Å². The zero-order valence-corrected chi connectivity index (χ0v) is 19.1. The third-order valence-corrected chi connectivity index (χ3v) is 8.18. The highest BCUT2D eigenvalue weighted by Crippen LogP contribution is 2.26.